The van der Waals surface area contributed by atoms with Gasteiger partial charge in [0.15, 0.2) is 0 Å². The molecule has 1 aliphatic heterocycles. The molecule has 88 valence electrons. The van der Waals surface area contributed by atoms with E-state index in [0.29, 0.717) is 17.3 Å². The van der Waals surface area contributed by atoms with Gasteiger partial charge in [-0.2, -0.15) is 0 Å². The Bertz CT molecular complexity index is 625. The fraction of sp³-hybridized carbons (Fsp3) is 0. The molecule has 0 saturated heterocycles. The predicted molar refractivity (Wildman–Crippen MR) is 67.8 cm³/mol. The number of aliphatic imine (C=N–C) groups is 1. The van der Waals surface area contributed by atoms with Crippen LogP contribution in [0.4, 0.5) is 0 Å². The van der Waals surface area contributed by atoms with Crippen LogP contribution in [0.2, 0.25) is 0 Å². The number of nitrogens with one attached hydrogen (secondary N) is 1. The summed E-state index contributed by atoms with van der Waals surface area (Å²) >= 11 is 0. The normalized spacial score (nSPS) is 16.8. The van der Waals surface area contributed by atoms with Crippen LogP contribution in [0, 0.1) is 0 Å². The highest BCUT2D eigenvalue weighted by atomic mass is 16.3. The zero-order chi connectivity index (χ0) is 12.4. The minimum atomic E-state index is -0.217. The van der Waals surface area contributed by atoms with E-state index in [1.54, 1.807) is 24.5 Å². The monoisotopic (exact) mass is 238 g/mol. The number of carbonyl (C=O) groups is 1. The highest BCUT2D eigenvalue weighted by Crippen LogP contribution is 2.14. The predicted octanol–water partition coefficient (Wildman–Crippen LogP) is 2.20. The largest absolute Gasteiger partial charge is 0.465 e. The second-order valence-electron chi connectivity index (χ2n) is 3.83. The van der Waals surface area contributed by atoms with E-state index < -0.39 is 0 Å². The minimum absolute atomic E-state index is 0.217. The Labute approximate surface area is 104 Å². The zero-order valence-corrected chi connectivity index (χ0v) is 9.46. The van der Waals surface area contributed by atoms with Gasteiger partial charge in [0.25, 0.3) is 5.91 Å². The summed E-state index contributed by atoms with van der Waals surface area (Å²) in [6.45, 7) is 0. The number of amidine groups is 1. The van der Waals surface area contributed by atoms with Gasteiger partial charge in [0, 0.05) is 11.6 Å². The summed E-state index contributed by atoms with van der Waals surface area (Å²) in [4.78, 5) is 16.0. The molecule has 4 heteroatoms. The van der Waals surface area contributed by atoms with Crippen molar-refractivity contribution in [3.05, 3.63) is 65.7 Å². The van der Waals surface area contributed by atoms with Crippen LogP contribution in [-0.4, -0.2) is 11.7 Å². The van der Waals surface area contributed by atoms with Gasteiger partial charge in [0.1, 0.15) is 17.3 Å². The molecule has 1 N–H and O–H groups in total. The van der Waals surface area contributed by atoms with Crippen molar-refractivity contribution in [1.82, 2.24) is 5.32 Å². The van der Waals surface area contributed by atoms with Crippen molar-refractivity contribution in [2.75, 3.05) is 0 Å². The number of rotatable bonds is 2. The number of furan rings is 1. The Hall–Kier alpha value is -2.62. The first-order chi connectivity index (χ1) is 8.83. The van der Waals surface area contributed by atoms with E-state index >= 15 is 0 Å². The van der Waals surface area contributed by atoms with Gasteiger partial charge in [0.05, 0.1) is 6.26 Å². The summed E-state index contributed by atoms with van der Waals surface area (Å²) in [5.41, 5.74) is 1.23. The Kier molecular flexibility index (Phi) is 2.53. The number of hydrogen-bond donors (Lipinski definition) is 1. The molecule has 0 bridgehead atoms. The minimum Gasteiger partial charge on any atom is -0.465 e. The van der Waals surface area contributed by atoms with Crippen molar-refractivity contribution in [3.63, 3.8) is 0 Å². The standard InChI is InChI=1S/C14H10N2O2/c17-14-12(9-11-7-4-8-18-11)15-13(16-14)10-5-2-1-3-6-10/h1-9H,(H,15,16,17)/b12-9+. The molecule has 1 amide bonds. The molecular weight excluding hydrogens is 228 g/mol. The molecular formula is C14H10N2O2. The summed E-state index contributed by atoms with van der Waals surface area (Å²) in [6, 6.07) is 13.1. The lowest BCUT2D eigenvalue weighted by Gasteiger charge is -1.98. The summed E-state index contributed by atoms with van der Waals surface area (Å²) in [7, 11) is 0. The van der Waals surface area contributed by atoms with E-state index in [-0.39, 0.29) is 5.91 Å². The van der Waals surface area contributed by atoms with Crippen molar-refractivity contribution in [3.8, 4) is 0 Å². The van der Waals surface area contributed by atoms with Gasteiger partial charge in [-0.3, -0.25) is 4.79 Å². The molecule has 0 unspecified atom stereocenters. The number of amides is 1. The van der Waals surface area contributed by atoms with Gasteiger partial charge in [-0.15, -0.1) is 0 Å². The van der Waals surface area contributed by atoms with Gasteiger partial charge in [-0.05, 0) is 12.1 Å². The van der Waals surface area contributed by atoms with Crippen LogP contribution in [0.25, 0.3) is 6.08 Å². The lowest BCUT2D eigenvalue weighted by atomic mass is 10.2. The highest BCUT2D eigenvalue weighted by molar-refractivity contribution is 6.19. The third kappa shape index (κ3) is 1.96. The molecule has 0 radical (unpaired) electrons. The molecule has 1 aliphatic rings. The van der Waals surface area contributed by atoms with E-state index in [4.69, 9.17) is 4.42 Å². The van der Waals surface area contributed by atoms with Gasteiger partial charge < -0.3 is 9.73 Å². The second kappa shape index (κ2) is 4.33. The summed E-state index contributed by atoms with van der Waals surface area (Å²) in [5, 5.41) is 2.73. The molecule has 0 fully saturated rings. The van der Waals surface area contributed by atoms with Gasteiger partial charge in [-0.25, -0.2) is 4.99 Å². The van der Waals surface area contributed by atoms with Crippen LogP contribution in [0.1, 0.15) is 11.3 Å². The van der Waals surface area contributed by atoms with Crippen LogP contribution in [0.15, 0.2) is 63.8 Å². The Morgan fingerprint density at radius 2 is 1.94 bits per heavy atom. The SMILES string of the molecule is O=C1NC(c2ccccc2)=N/C1=C/c1ccco1. The lowest BCUT2D eigenvalue weighted by molar-refractivity contribution is -0.115. The van der Waals surface area contributed by atoms with Crippen molar-refractivity contribution < 1.29 is 9.21 Å². The summed E-state index contributed by atoms with van der Waals surface area (Å²) < 4.78 is 5.16. The summed E-state index contributed by atoms with van der Waals surface area (Å²) in [5.74, 6) is 0.960. The molecule has 0 spiro atoms. The van der Waals surface area contributed by atoms with E-state index in [2.05, 4.69) is 10.3 Å². The second-order valence-corrected chi connectivity index (χ2v) is 3.83. The van der Waals surface area contributed by atoms with Crippen LogP contribution in [0.3, 0.4) is 0 Å². The van der Waals surface area contributed by atoms with Crippen molar-refractivity contribution in [2.45, 2.75) is 0 Å². The number of hydrogen-bond acceptors (Lipinski definition) is 3. The van der Waals surface area contributed by atoms with Gasteiger partial charge in [-0.1, -0.05) is 30.3 Å². The first-order valence-electron chi connectivity index (χ1n) is 5.53. The molecule has 18 heavy (non-hydrogen) atoms. The van der Waals surface area contributed by atoms with E-state index in [1.165, 1.54) is 0 Å². The topological polar surface area (TPSA) is 54.6 Å². The maximum absolute atomic E-state index is 11.7. The molecule has 4 nitrogen and oxygen atoms in total. The highest BCUT2D eigenvalue weighted by Gasteiger charge is 2.21. The molecule has 0 saturated carbocycles. The van der Waals surface area contributed by atoms with Crippen LogP contribution in [0.5, 0.6) is 0 Å². The number of nitrogens with zero attached hydrogens (tertiary/aromatic N) is 1. The van der Waals surface area contributed by atoms with E-state index in [9.17, 15) is 4.79 Å². The molecule has 0 atom stereocenters. The third-order valence-electron chi connectivity index (χ3n) is 2.57. The fourth-order valence-corrected chi connectivity index (χ4v) is 1.71. The van der Waals surface area contributed by atoms with E-state index in [0.717, 1.165) is 5.56 Å². The average molecular weight is 238 g/mol. The van der Waals surface area contributed by atoms with Gasteiger partial charge in [0.2, 0.25) is 0 Å². The molecule has 0 aliphatic carbocycles. The number of benzene rings is 1. The third-order valence-corrected chi connectivity index (χ3v) is 2.57. The maximum Gasteiger partial charge on any atom is 0.275 e. The van der Waals surface area contributed by atoms with Crippen LogP contribution >= 0.6 is 0 Å². The van der Waals surface area contributed by atoms with Crippen LogP contribution in [-0.2, 0) is 4.79 Å². The Morgan fingerprint density at radius 3 is 2.67 bits per heavy atom. The maximum atomic E-state index is 11.7. The first kappa shape index (κ1) is 10.5. The molecule has 2 heterocycles. The Morgan fingerprint density at radius 1 is 1.11 bits per heavy atom. The van der Waals surface area contributed by atoms with Crippen molar-refractivity contribution in [1.29, 1.82) is 0 Å². The quantitative estimate of drug-likeness (QED) is 0.815. The molecule has 3 rings (SSSR count). The molecule has 2 aromatic rings. The first-order valence-corrected chi connectivity index (χ1v) is 5.53. The Balaban J connectivity index is 1.95. The molecule has 1 aromatic carbocycles. The smallest absolute Gasteiger partial charge is 0.275 e. The van der Waals surface area contributed by atoms with Crippen LogP contribution < -0.4 is 5.32 Å². The van der Waals surface area contributed by atoms with E-state index in [1.807, 2.05) is 30.3 Å². The van der Waals surface area contributed by atoms with Gasteiger partial charge >= 0.3 is 0 Å². The average Bonchev–Trinajstić information content (AvgIpc) is 3.02. The fourth-order valence-electron chi connectivity index (χ4n) is 1.71. The number of carbonyl (C=O) groups excluding carboxylic acids is 1. The lowest BCUT2D eigenvalue weighted by Crippen LogP contribution is -2.24. The molecule has 1 aromatic heterocycles. The van der Waals surface area contributed by atoms with Crippen molar-refractivity contribution >= 4 is 17.8 Å². The zero-order valence-electron chi connectivity index (χ0n) is 9.46. The van der Waals surface area contributed by atoms with Crippen molar-refractivity contribution in [2.24, 2.45) is 4.99 Å². The summed E-state index contributed by atoms with van der Waals surface area (Å²) in [6.07, 6.45) is 3.17.